The molecule has 0 aliphatic rings. The molecule has 0 bridgehead atoms. The van der Waals surface area contributed by atoms with Crippen molar-refractivity contribution in [2.24, 2.45) is 0 Å². The highest BCUT2D eigenvalue weighted by atomic mass is 16.5. The summed E-state index contributed by atoms with van der Waals surface area (Å²) in [7, 11) is 1.59. The van der Waals surface area contributed by atoms with Crippen LogP contribution in [0.2, 0.25) is 0 Å². The Morgan fingerprint density at radius 1 is 1.24 bits per heavy atom. The van der Waals surface area contributed by atoms with Crippen LogP contribution in [0.1, 0.15) is 12.0 Å². The zero-order valence-electron chi connectivity index (χ0n) is 11.8. The molecule has 1 atom stereocenters. The van der Waals surface area contributed by atoms with Crippen LogP contribution in [0.25, 0.3) is 0 Å². The Balaban J connectivity index is 2.23. The number of carbonyl (C=O) groups is 2. The van der Waals surface area contributed by atoms with Crippen LogP contribution in [-0.4, -0.2) is 48.5 Å². The lowest BCUT2D eigenvalue weighted by Crippen LogP contribution is -2.38. The first kappa shape index (κ1) is 16.8. The SMILES string of the molecule is COc1ccccc1CCNC(=O)NCC[C@H](O)C(=O)O. The number of amides is 2. The zero-order valence-corrected chi connectivity index (χ0v) is 11.8. The van der Waals surface area contributed by atoms with Crippen molar-refractivity contribution in [2.45, 2.75) is 18.9 Å². The van der Waals surface area contributed by atoms with E-state index < -0.39 is 18.1 Å². The highest BCUT2D eigenvalue weighted by Crippen LogP contribution is 2.17. The Morgan fingerprint density at radius 2 is 1.90 bits per heavy atom. The summed E-state index contributed by atoms with van der Waals surface area (Å²) in [6.45, 7) is 0.516. The predicted molar refractivity (Wildman–Crippen MR) is 76.4 cm³/mol. The number of carbonyl (C=O) groups excluding carboxylic acids is 1. The predicted octanol–water partition coefficient (Wildman–Crippen LogP) is 0.372. The first-order valence-corrected chi connectivity index (χ1v) is 6.59. The lowest BCUT2D eigenvalue weighted by atomic mass is 10.1. The lowest BCUT2D eigenvalue weighted by molar-refractivity contribution is -0.146. The number of urea groups is 1. The highest BCUT2D eigenvalue weighted by Gasteiger charge is 2.12. The van der Waals surface area contributed by atoms with Crippen molar-refractivity contribution in [3.05, 3.63) is 29.8 Å². The van der Waals surface area contributed by atoms with Crippen molar-refractivity contribution in [2.75, 3.05) is 20.2 Å². The molecule has 21 heavy (non-hydrogen) atoms. The maximum atomic E-state index is 11.5. The van der Waals surface area contributed by atoms with E-state index in [0.29, 0.717) is 13.0 Å². The van der Waals surface area contributed by atoms with Gasteiger partial charge in [0.2, 0.25) is 0 Å². The molecule has 1 aromatic carbocycles. The van der Waals surface area contributed by atoms with Gasteiger partial charge in [-0.1, -0.05) is 18.2 Å². The van der Waals surface area contributed by atoms with E-state index in [1.807, 2.05) is 24.3 Å². The van der Waals surface area contributed by atoms with Crippen molar-refractivity contribution in [1.29, 1.82) is 0 Å². The highest BCUT2D eigenvalue weighted by molar-refractivity contribution is 5.74. The summed E-state index contributed by atoms with van der Waals surface area (Å²) < 4.78 is 5.20. The van der Waals surface area contributed by atoms with E-state index in [-0.39, 0.29) is 13.0 Å². The second kappa shape index (κ2) is 8.80. The van der Waals surface area contributed by atoms with Crippen LogP contribution in [0.4, 0.5) is 4.79 Å². The molecule has 4 N–H and O–H groups in total. The Morgan fingerprint density at radius 3 is 2.57 bits per heavy atom. The third-order valence-electron chi connectivity index (χ3n) is 2.86. The van der Waals surface area contributed by atoms with Crippen LogP contribution in [0.5, 0.6) is 5.75 Å². The number of ether oxygens (including phenoxy) is 1. The van der Waals surface area contributed by atoms with Crippen molar-refractivity contribution in [1.82, 2.24) is 10.6 Å². The molecule has 0 aromatic heterocycles. The number of benzene rings is 1. The van der Waals surface area contributed by atoms with E-state index in [2.05, 4.69) is 10.6 Å². The Bertz CT molecular complexity index is 478. The fourth-order valence-electron chi connectivity index (χ4n) is 1.73. The van der Waals surface area contributed by atoms with E-state index in [9.17, 15) is 9.59 Å². The van der Waals surface area contributed by atoms with Gasteiger partial charge in [-0.2, -0.15) is 0 Å². The van der Waals surface area contributed by atoms with Gasteiger partial charge in [0.1, 0.15) is 5.75 Å². The molecule has 0 unspecified atom stereocenters. The summed E-state index contributed by atoms with van der Waals surface area (Å²) in [5.74, 6) is -0.530. The molecule has 0 saturated heterocycles. The molecule has 116 valence electrons. The molecule has 7 nitrogen and oxygen atoms in total. The average Bonchev–Trinajstić information content (AvgIpc) is 2.47. The van der Waals surface area contributed by atoms with Gasteiger partial charge in [0.25, 0.3) is 0 Å². The monoisotopic (exact) mass is 296 g/mol. The molecule has 0 heterocycles. The van der Waals surface area contributed by atoms with Gasteiger partial charge in [-0.3, -0.25) is 0 Å². The molecule has 2 amide bonds. The second-order valence-corrected chi connectivity index (χ2v) is 4.39. The van der Waals surface area contributed by atoms with Crippen molar-refractivity contribution < 1.29 is 24.5 Å². The molecule has 0 saturated carbocycles. The van der Waals surface area contributed by atoms with Gasteiger partial charge >= 0.3 is 12.0 Å². The van der Waals surface area contributed by atoms with Gasteiger partial charge in [-0.15, -0.1) is 0 Å². The number of hydrogen-bond acceptors (Lipinski definition) is 4. The molecule has 0 aliphatic heterocycles. The lowest BCUT2D eigenvalue weighted by Gasteiger charge is -2.10. The van der Waals surface area contributed by atoms with Gasteiger partial charge in [0.15, 0.2) is 6.10 Å². The molecular formula is C14H20N2O5. The first-order valence-electron chi connectivity index (χ1n) is 6.59. The summed E-state index contributed by atoms with van der Waals surface area (Å²) in [5.41, 5.74) is 0.988. The number of carboxylic acids is 1. The number of aliphatic hydroxyl groups excluding tert-OH is 1. The standard InChI is InChI=1S/C14H20N2O5/c1-21-12-5-3-2-4-10(12)6-8-15-14(20)16-9-7-11(17)13(18)19/h2-5,11,17H,6-9H2,1H3,(H,18,19)(H2,15,16,20)/t11-/m0/s1. The molecular weight excluding hydrogens is 276 g/mol. The number of carboxylic acid groups (broad SMARTS) is 1. The summed E-state index contributed by atoms with van der Waals surface area (Å²) >= 11 is 0. The molecule has 1 rings (SSSR count). The van der Waals surface area contributed by atoms with Crippen molar-refractivity contribution >= 4 is 12.0 Å². The smallest absolute Gasteiger partial charge is 0.332 e. The number of rotatable bonds is 8. The van der Waals surface area contributed by atoms with Gasteiger partial charge in [-0.05, 0) is 18.1 Å². The third kappa shape index (κ3) is 6.13. The summed E-state index contributed by atoms with van der Waals surface area (Å²) in [6.07, 6.45) is -0.872. The number of hydrogen-bond donors (Lipinski definition) is 4. The molecule has 0 aliphatic carbocycles. The summed E-state index contributed by atoms with van der Waals surface area (Å²) in [6, 6.07) is 7.13. The maximum absolute atomic E-state index is 11.5. The zero-order chi connectivity index (χ0) is 15.7. The fourth-order valence-corrected chi connectivity index (χ4v) is 1.73. The fraction of sp³-hybridized carbons (Fsp3) is 0.429. The van der Waals surface area contributed by atoms with Gasteiger partial charge < -0.3 is 25.6 Å². The molecule has 0 spiro atoms. The van der Waals surface area contributed by atoms with E-state index in [1.54, 1.807) is 7.11 Å². The van der Waals surface area contributed by atoms with Crippen LogP contribution in [0, 0.1) is 0 Å². The van der Waals surface area contributed by atoms with Gasteiger partial charge in [0.05, 0.1) is 7.11 Å². The normalized spacial score (nSPS) is 11.5. The van der Waals surface area contributed by atoms with Crippen LogP contribution < -0.4 is 15.4 Å². The van der Waals surface area contributed by atoms with Crippen LogP contribution in [0.15, 0.2) is 24.3 Å². The van der Waals surface area contributed by atoms with E-state index in [4.69, 9.17) is 14.9 Å². The number of nitrogens with one attached hydrogen (secondary N) is 2. The summed E-state index contributed by atoms with van der Waals surface area (Å²) in [4.78, 5) is 21.8. The molecule has 1 aromatic rings. The minimum atomic E-state index is -1.46. The first-order chi connectivity index (χ1) is 10.0. The quantitative estimate of drug-likeness (QED) is 0.554. The molecule has 0 radical (unpaired) electrons. The molecule has 7 heteroatoms. The van der Waals surface area contributed by atoms with Gasteiger partial charge in [0, 0.05) is 19.5 Å². The second-order valence-electron chi connectivity index (χ2n) is 4.39. The number of aliphatic carboxylic acids is 1. The van der Waals surface area contributed by atoms with Crippen LogP contribution >= 0.6 is 0 Å². The summed E-state index contributed by atoms with van der Waals surface area (Å²) in [5, 5.41) is 22.6. The largest absolute Gasteiger partial charge is 0.496 e. The van der Waals surface area contributed by atoms with Crippen LogP contribution in [0.3, 0.4) is 0 Å². The van der Waals surface area contributed by atoms with Crippen molar-refractivity contribution in [3.63, 3.8) is 0 Å². The number of methoxy groups -OCH3 is 1. The van der Waals surface area contributed by atoms with Crippen LogP contribution in [-0.2, 0) is 11.2 Å². The minimum Gasteiger partial charge on any atom is -0.496 e. The number of aliphatic hydroxyl groups is 1. The Hall–Kier alpha value is -2.28. The minimum absolute atomic E-state index is 0.0325. The third-order valence-corrected chi connectivity index (χ3v) is 2.86. The molecule has 0 fully saturated rings. The number of para-hydroxylation sites is 1. The van der Waals surface area contributed by atoms with Crippen molar-refractivity contribution in [3.8, 4) is 5.75 Å². The Labute approximate surface area is 122 Å². The maximum Gasteiger partial charge on any atom is 0.332 e. The Kier molecular flexibility index (Phi) is 7.03. The van der Waals surface area contributed by atoms with E-state index >= 15 is 0 Å². The van der Waals surface area contributed by atoms with Gasteiger partial charge in [-0.25, -0.2) is 9.59 Å². The topological polar surface area (TPSA) is 108 Å². The average molecular weight is 296 g/mol. The van der Waals surface area contributed by atoms with E-state index in [1.165, 1.54) is 0 Å². The van der Waals surface area contributed by atoms with E-state index in [0.717, 1.165) is 11.3 Å².